The van der Waals surface area contributed by atoms with Crippen molar-refractivity contribution in [2.24, 2.45) is 5.92 Å². The molecule has 7 nitrogen and oxygen atoms in total. The molecule has 1 atom stereocenters. The maximum Gasteiger partial charge on any atom is 0.497 e. The molecule has 0 spiro atoms. The maximum atomic E-state index is 14.0. The highest BCUT2D eigenvalue weighted by molar-refractivity contribution is 6.30. The van der Waals surface area contributed by atoms with Gasteiger partial charge in [-0.05, 0) is 67.7 Å². The quantitative estimate of drug-likeness (QED) is 0.438. The molecule has 2 aromatic carbocycles. The van der Waals surface area contributed by atoms with E-state index >= 15 is 0 Å². The third kappa shape index (κ3) is 5.89. The lowest BCUT2D eigenvalue weighted by molar-refractivity contribution is -0.235. The molecule has 0 bridgehead atoms. The SMILES string of the molecule is O=C(c1ccc(Cl)cc1)N1CC(=O)[N+](CC2CCN(C3CCCC3)CC2)(OC(=O)C(F)(F)F)c2ccccc2C1. The van der Waals surface area contributed by atoms with Crippen molar-refractivity contribution in [3.8, 4) is 0 Å². The highest BCUT2D eigenvalue weighted by Crippen LogP contribution is 2.38. The fourth-order valence-electron chi connectivity index (χ4n) is 6.25. The normalized spacial score (nSPS) is 23.1. The summed E-state index contributed by atoms with van der Waals surface area (Å²) in [6, 6.07) is 13.1. The van der Waals surface area contributed by atoms with Gasteiger partial charge in [0.2, 0.25) is 0 Å². The zero-order valence-electron chi connectivity index (χ0n) is 22.0. The van der Waals surface area contributed by atoms with Crippen LogP contribution in [0, 0.1) is 5.92 Å². The summed E-state index contributed by atoms with van der Waals surface area (Å²) in [5.74, 6) is -3.87. The first-order chi connectivity index (χ1) is 19.1. The monoisotopic (exact) mass is 578 g/mol. The average Bonchev–Trinajstić information content (AvgIpc) is 3.44. The van der Waals surface area contributed by atoms with Crippen LogP contribution in [0.4, 0.5) is 18.9 Å². The molecule has 1 saturated heterocycles. The van der Waals surface area contributed by atoms with Crippen molar-refractivity contribution < 1.29 is 32.4 Å². The summed E-state index contributed by atoms with van der Waals surface area (Å²) >= 11 is 5.95. The van der Waals surface area contributed by atoms with Gasteiger partial charge >= 0.3 is 18.1 Å². The number of hydroxylamine groups is 2. The molecule has 3 aliphatic rings. The number of amides is 2. The Morgan fingerprint density at radius 3 is 2.25 bits per heavy atom. The number of hydrogen-bond donors (Lipinski definition) is 0. The van der Waals surface area contributed by atoms with Gasteiger partial charge in [-0.15, -0.1) is 0 Å². The van der Waals surface area contributed by atoms with E-state index in [2.05, 4.69) is 4.90 Å². The highest BCUT2D eigenvalue weighted by atomic mass is 35.5. The lowest BCUT2D eigenvalue weighted by atomic mass is 9.94. The summed E-state index contributed by atoms with van der Waals surface area (Å²) in [7, 11) is 0. The molecule has 2 aromatic rings. The molecule has 214 valence electrons. The number of para-hydroxylation sites is 1. The third-order valence-corrected chi connectivity index (χ3v) is 8.58. The summed E-state index contributed by atoms with van der Waals surface area (Å²) in [5.41, 5.74) is 0.866. The number of benzene rings is 2. The number of alkyl halides is 3. The minimum Gasteiger partial charge on any atom is -0.320 e. The largest absolute Gasteiger partial charge is 0.497 e. The van der Waals surface area contributed by atoms with Gasteiger partial charge in [-0.3, -0.25) is 9.63 Å². The Balaban J connectivity index is 1.48. The van der Waals surface area contributed by atoms with Gasteiger partial charge in [-0.2, -0.15) is 13.2 Å². The number of nitrogens with zero attached hydrogens (tertiary/aromatic N) is 3. The van der Waals surface area contributed by atoms with Crippen LogP contribution >= 0.6 is 11.6 Å². The zero-order chi connectivity index (χ0) is 28.5. The molecule has 2 aliphatic heterocycles. The topological polar surface area (TPSA) is 66.9 Å². The number of fused-ring (bicyclic) bond motifs is 1. The lowest BCUT2D eigenvalue weighted by Crippen LogP contribution is -2.61. The summed E-state index contributed by atoms with van der Waals surface area (Å²) in [4.78, 5) is 48.6. The van der Waals surface area contributed by atoms with Gasteiger partial charge in [-0.1, -0.05) is 42.6 Å². The summed E-state index contributed by atoms with van der Waals surface area (Å²) in [5, 5.41) is 0.433. The molecule has 11 heteroatoms. The maximum absolute atomic E-state index is 14.0. The van der Waals surface area contributed by atoms with Crippen LogP contribution in [-0.4, -0.2) is 66.0 Å². The lowest BCUT2D eigenvalue weighted by Gasteiger charge is -2.39. The van der Waals surface area contributed by atoms with Crippen LogP contribution in [0.3, 0.4) is 0 Å². The molecule has 2 amide bonds. The van der Waals surface area contributed by atoms with Gasteiger partial charge in [0, 0.05) is 34.2 Å². The standard InChI is InChI=1S/C29H32ClF3N3O4/c30-23-11-9-21(10-12-23)27(38)35-17-22-5-1-4-8-25(22)36(26(37)18-35,40-28(39)29(31,32)33)19-20-13-15-34(16-14-20)24-6-2-3-7-24/h1,4-5,8-12,20,24H,2-3,6-7,13-19H2/q+1. The van der Waals surface area contributed by atoms with E-state index in [1.165, 1.54) is 35.9 Å². The van der Waals surface area contributed by atoms with Crippen molar-refractivity contribution in [3.05, 3.63) is 64.7 Å². The zero-order valence-corrected chi connectivity index (χ0v) is 22.8. The molecule has 0 N–H and O–H groups in total. The number of carbonyl (C=O) groups excluding carboxylic acids is 3. The van der Waals surface area contributed by atoms with Gasteiger partial charge < -0.3 is 9.80 Å². The first kappa shape index (κ1) is 28.6. The van der Waals surface area contributed by atoms with Crippen LogP contribution in [0.5, 0.6) is 0 Å². The molecule has 2 heterocycles. The fourth-order valence-corrected chi connectivity index (χ4v) is 6.38. The van der Waals surface area contributed by atoms with Crippen LogP contribution < -0.4 is 4.65 Å². The Kier molecular flexibility index (Phi) is 8.22. The van der Waals surface area contributed by atoms with E-state index in [9.17, 15) is 27.6 Å². The Hall–Kier alpha value is -2.95. The van der Waals surface area contributed by atoms with Crippen molar-refractivity contribution in [2.45, 2.75) is 57.3 Å². The van der Waals surface area contributed by atoms with E-state index in [0.29, 0.717) is 29.5 Å². The highest BCUT2D eigenvalue weighted by Gasteiger charge is 2.56. The molecule has 2 fully saturated rings. The Labute approximate surface area is 236 Å². The number of piperidine rings is 1. The number of carbonyl (C=O) groups is 3. The predicted octanol–water partition coefficient (Wildman–Crippen LogP) is 5.51. The molecule has 0 radical (unpaired) electrons. The van der Waals surface area contributed by atoms with E-state index in [-0.39, 0.29) is 30.3 Å². The number of hydrogen-bond acceptors (Lipinski definition) is 5. The second kappa shape index (κ2) is 11.5. The fraction of sp³-hybridized carbons (Fsp3) is 0.483. The summed E-state index contributed by atoms with van der Waals surface area (Å²) in [6.45, 7) is 0.869. The second-order valence-corrected chi connectivity index (χ2v) is 11.3. The molecule has 1 unspecified atom stereocenters. The Bertz CT molecular complexity index is 1260. The van der Waals surface area contributed by atoms with E-state index in [1.807, 2.05) is 0 Å². The minimum atomic E-state index is -5.29. The van der Waals surface area contributed by atoms with Crippen LogP contribution in [0.2, 0.25) is 5.02 Å². The van der Waals surface area contributed by atoms with Gasteiger partial charge in [0.05, 0.1) is 6.54 Å². The van der Waals surface area contributed by atoms with Crippen molar-refractivity contribution >= 4 is 35.1 Å². The van der Waals surface area contributed by atoms with Crippen molar-refractivity contribution in [2.75, 3.05) is 26.2 Å². The molecule has 0 aromatic heterocycles. The Morgan fingerprint density at radius 2 is 1.60 bits per heavy atom. The van der Waals surface area contributed by atoms with Gasteiger partial charge in [0.25, 0.3) is 5.91 Å². The molecular weight excluding hydrogens is 547 g/mol. The van der Waals surface area contributed by atoms with E-state index in [1.54, 1.807) is 30.3 Å². The van der Waals surface area contributed by atoms with E-state index in [0.717, 1.165) is 25.9 Å². The number of halogens is 4. The summed E-state index contributed by atoms with van der Waals surface area (Å²) in [6.07, 6.45) is 0.751. The molecule has 40 heavy (non-hydrogen) atoms. The molecule has 1 saturated carbocycles. The van der Waals surface area contributed by atoms with Crippen LogP contribution in [0.25, 0.3) is 0 Å². The second-order valence-electron chi connectivity index (χ2n) is 10.9. The van der Waals surface area contributed by atoms with Crippen LogP contribution in [-0.2, 0) is 21.0 Å². The van der Waals surface area contributed by atoms with Crippen LogP contribution in [0.1, 0.15) is 54.4 Å². The number of quaternary nitrogens is 1. The first-order valence-electron chi connectivity index (χ1n) is 13.7. The number of rotatable bonds is 5. The van der Waals surface area contributed by atoms with Gasteiger partial charge in [-0.25, -0.2) is 9.59 Å². The van der Waals surface area contributed by atoms with E-state index in [4.69, 9.17) is 16.4 Å². The van der Waals surface area contributed by atoms with Crippen LogP contribution in [0.15, 0.2) is 48.5 Å². The van der Waals surface area contributed by atoms with Gasteiger partial charge in [0.15, 0.2) is 5.69 Å². The molecular formula is C29H32ClF3N3O4+. The third-order valence-electron chi connectivity index (χ3n) is 8.33. The molecule has 5 rings (SSSR count). The predicted molar refractivity (Wildman–Crippen MR) is 143 cm³/mol. The smallest absolute Gasteiger partial charge is 0.320 e. The van der Waals surface area contributed by atoms with Gasteiger partial charge in [0.1, 0.15) is 13.1 Å². The first-order valence-corrected chi connectivity index (χ1v) is 14.0. The van der Waals surface area contributed by atoms with Crippen molar-refractivity contribution in [1.82, 2.24) is 14.4 Å². The van der Waals surface area contributed by atoms with E-state index < -0.39 is 35.2 Å². The Morgan fingerprint density at radius 1 is 0.950 bits per heavy atom. The number of likely N-dealkylation sites (tertiary alicyclic amines) is 1. The minimum absolute atomic E-state index is 0.0347. The van der Waals surface area contributed by atoms with Crippen molar-refractivity contribution in [3.63, 3.8) is 0 Å². The average molecular weight is 579 g/mol. The molecule has 1 aliphatic carbocycles. The summed E-state index contributed by atoms with van der Waals surface area (Å²) < 4.78 is 39.5. The van der Waals surface area contributed by atoms with Crippen molar-refractivity contribution in [1.29, 1.82) is 0 Å².